The summed E-state index contributed by atoms with van der Waals surface area (Å²) in [6, 6.07) is 8.47. The van der Waals surface area contributed by atoms with E-state index in [-0.39, 0.29) is 23.7 Å². The Hall–Kier alpha value is -2.38. The molecule has 7 heteroatoms. The first-order valence-electron chi connectivity index (χ1n) is 13.3. The zero-order chi connectivity index (χ0) is 24.6. The van der Waals surface area contributed by atoms with Crippen LogP contribution in [0.5, 0.6) is 5.75 Å². The number of nitrogens with zero attached hydrogens (tertiary/aromatic N) is 3. The molecule has 2 bridgehead atoms. The summed E-state index contributed by atoms with van der Waals surface area (Å²) >= 11 is 0. The van der Waals surface area contributed by atoms with E-state index in [1.807, 2.05) is 41.8 Å². The second-order valence-electron chi connectivity index (χ2n) is 9.92. The zero-order valence-corrected chi connectivity index (χ0v) is 21.4. The summed E-state index contributed by atoms with van der Waals surface area (Å²) in [6.45, 7) is 9.97. The number of para-hydroxylation sites is 1. The average Bonchev–Trinajstić information content (AvgIpc) is 2.89. The molecule has 0 unspecified atom stereocenters. The van der Waals surface area contributed by atoms with Gasteiger partial charge in [0.15, 0.2) is 0 Å². The van der Waals surface area contributed by atoms with Crippen molar-refractivity contribution in [1.29, 1.82) is 0 Å². The second-order valence-corrected chi connectivity index (χ2v) is 9.92. The van der Waals surface area contributed by atoms with Gasteiger partial charge < -0.3 is 19.3 Å². The number of fused-ring (bicyclic) bond motifs is 3. The molecule has 3 heterocycles. The molecular weight excluding hydrogens is 442 g/mol. The van der Waals surface area contributed by atoms with Crippen LogP contribution in [0.3, 0.4) is 0 Å². The molecule has 3 aliphatic rings. The lowest BCUT2D eigenvalue weighted by molar-refractivity contribution is -0.137. The monoisotopic (exact) mass is 483 g/mol. The van der Waals surface area contributed by atoms with Crippen molar-refractivity contribution in [3.05, 3.63) is 42.0 Å². The van der Waals surface area contributed by atoms with Crippen LogP contribution in [0.1, 0.15) is 45.1 Å². The number of carbonyl (C=O) groups is 2. The normalized spacial score (nSPS) is 25.4. The van der Waals surface area contributed by atoms with Crippen LogP contribution in [0, 0.1) is 11.8 Å². The Bertz CT molecular complexity index is 879. The van der Waals surface area contributed by atoms with E-state index in [4.69, 9.17) is 9.47 Å². The van der Waals surface area contributed by atoms with Crippen molar-refractivity contribution in [3.8, 4) is 5.75 Å². The molecule has 2 amide bonds. The molecular formula is C28H41N3O4. The van der Waals surface area contributed by atoms with E-state index in [1.54, 1.807) is 0 Å². The van der Waals surface area contributed by atoms with Crippen molar-refractivity contribution in [1.82, 2.24) is 14.7 Å². The van der Waals surface area contributed by atoms with Gasteiger partial charge in [0.1, 0.15) is 12.4 Å². The molecule has 2 saturated heterocycles. The first-order chi connectivity index (χ1) is 17.1. The molecule has 0 radical (unpaired) electrons. The van der Waals surface area contributed by atoms with Gasteiger partial charge in [-0.2, -0.15) is 0 Å². The van der Waals surface area contributed by atoms with Crippen LogP contribution < -0.4 is 4.74 Å². The molecule has 1 aromatic rings. The number of ether oxygens (including phenoxy) is 2. The summed E-state index contributed by atoms with van der Waals surface area (Å²) in [4.78, 5) is 32.7. The minimum Gasteiger partial charge on any atom is -0.489 e. The van der Waals surface area contributed by atoms with E-state index >= 15 is 0 Å². The highest BCUT2D eigenvalue weighted by Crippen LogP contribution is 2.30. The van der Waals surface area contributed by atoms with Crippen molar-refractivity contribution < 1.29 is 19.1 Å². The highest BCUT2D eigenvalue weighted by molar-refractivity contribution is 5.79. The van der Waals surface area contributed by atoms with Gasteiger partial charge in [-0.05, 0) is 51.0 Å². The highest BCUT2D eigenvalue weighted by Gasteiger charge is 2.34. The van der Waals surface area contributed by atoms with E-state index in [2.05, 4.69) is 23.1 Å². The van der Waals surface area contributed by atoms with Crippen molar-refractivity contribution in [2.75, 3.05) is 52.5 Å². The number of rotatable bonds is 5. The third-order valence-electron chi connectivity index (χ3n) is 7.82. The van der Waals surface area contributed by atoms with E-state index in [0.717, 1.165) is 56.9 Å². The Morgan fingerprint density at radius 1 is 1.09 bits per heavy atom. The maximum absolute atomic E-state index is 13.5. The number of benzene rings is 1. The van der Waals surface area contributed by atoms with Gasteiger partial charge in [-0.1, -0.05) is 30.4 Å². The molecule has 0 N–H and O–H groups in total. The van der Waals surface area contributed by atoms with Crippen molar-refractivity contribution in [3.63, 3.8) is 0 Å². The topological polar surface area (TPSA) is 62.3 Å². The lowest BCUT2D eigenvalue weighted by Crippen LogP contribution is -2.50. The van der Waals surface area contributed by atoms with Crippen LogP contribution in [0.15, 0.2) is 36.4 Å². The molecule has 2 fully saturated rings. The SMILES string of the molecule is CCN(CC)C(=O)C[C@@H]1CCN2C[C@@H]1/C=C\COc1ccccc1CN(C1CCOCC1)CC2=O. The van der Waals surface area contributed by atoms with Gasteiger partial charge >= 0.3 is 0 Å². The van der Waals surface area contributed by atoms with Crippen LogP contribution in [0.2, 0.25) is 0 Å². The molecule has 7 nitrogen and oxygen atoms in total. The van der Waals surface area contributed by atoms with Gasteiger partial charge in [0.05, 0.1) is 6.54 Å². The van der Waals surface area contributed by atoms with E-state index in [1.165, 1.54) is 0 Å². The fourth-order valence-corrected chi connectivity index (χ4v) is 5.66. The Labute approximate surface area is 210 Å². The van der Waals surface area contributed by atoms with Gasteiger partial charge in [-0.25, -0.2) is 0 Å². The maximum Gasteiger partial charge on any atom is 0.236 e. The van der Waals surface area contributed by atoms with Crippen LogP contribution >= 0.6 is 0 Å². The fraction of sp³-hybridized carbons (Fsp3) is 0.643. The number of hydrogen-bond acceptors (Lipinski definition) is 5. The maximum atomic E-state index is 13.5. The summed E-state index contributed by atoms with van der Waals surface area (Å²) in [6.07, 6.45) is 7.52. The van der Waals surface area contributed by atoms with Gasteiger partial charge in [-0.15, -0.1) is 0 Å². The van der Waals surface area contributed by atoms with Crippen LogP contribution in [-0.4, -0.2) is 85.1 Å². The Kier molecular flexibility index (Phi) is 9.21. The molecule has 1 aromatic carbocycles. The van der Waals surface area contributed by atoms with Gasteiger partial charge in [0, 0.05) is 64.0 Å². The van der Waals surface area contributed by atoms with Gasteiger partial charge in [-0.3, -0.25) is 14.5 Å². The minimum atomic E-state index is 0.156. The molecule has 0 aromatic heterocycles. The molecule has 0 aliphatic carbocycles. The third kappa shape index (κ3) is 6.64. The average molecular weight is 484 g/mol. The van der Waals surface area contributed by atoms with Crippen LogP contribution in [0.25, 0.3) is 0 Å². The lowest BCUT2D eigenvalue weighted by Gasteiger charge is -2.40. The summed E-state index contributed by atoms with van der Waals surface area (Å²) in [5.41, 5.74) is 1.11. The molecule has 35 heavy (non-hydrogen) atoms. The van der Waals surface area contributed by atoms with Crippen molar-refractivity contribution in [2.45, 2.75) is 52.1 Å². The number of amides is 2. The molecule has 0 saturated carbocycles. The highest BCUT2D eigenvalue weighted by atomic mass is 16.5. The first kappa shape index (κ1) is 25.7. The summed E-state index contributed by atoms with van der Waals surface area (Å²) in [7, 11) is 0. The van der Waals surface area contributed by atoms with Gasteiger partial charge in [0.25, 0.3) is 0 Å². The number of piperidine rings is 1. The number of carbonyl (C=O) groups excluding carboxylic acids is 2. The Morgan fingerprint density at radius 3 is 2.63 bits per heavy atom. The Balaban J connectivity index is 1.55. The molecule has 3 aliphatic heterocycles. The predicted octanol–water partition coefficient (Wildman–Crippen LogP) is 3.34. The quantitative estimate of drug-likeness (QED) is 0.601. The molecule has 2 atom stereocenters. The Morgan fingerprint density at radius 2 is 1.86 bits per heavy atom. The number of hydrogen-bond donors (Lipinski definition) is 0. The molecule has 4 rings (SSSR count). The first-order valence-corrected chi connectivity index (χ1v) is 13.3. The summed E-state index contributed by atoms with van der Waals surface area (Å²) in [5, 5.41) is 0. The van der Waals surface area contributed by atoms with Gasteiger partial charge in [0.2, 0.25) is 11.8 Å². The largest absolute Gasteiger partial charge is 0.489 e. The molecule has 192 valence electrons. The molecule has 0 spiro atoms. The zero-order valence-electron chi connectivity index (χ0n) is 21.4. The van der Waals surface area contributed by atoms with E-state index < -0.39 is 0 Å². The van der Waals surface area contributed by atoms with Crippen LogP contribution in [0.4, 0.5) is 0 Å². The summed E-state index contributed by atoms with van der Waals surface area (Å²) < 4.78 is 11.8. The predicted molar refractivity (Wildman–Crippen MR) is 136 cm³/mol. The standard InChI is InChI=1S/C28H41N3O4/c1-3-29(4-2)27(32)18-22-11-14-30-19-23(22)9-7-15-35-26-10-6-5-8-24(26)20-31(21-28(30)33)25-12-16-34-17-13-25/h5-10,22-23,25H,3-4,11-21H2,1-2H3/b9-7-/t22-,23-/m0/s1. The lowest BCUT2D eigenvalue weighted by atomic mass is 9.82. The van der Waals surface area contributed by atoms with Crippen molar-refractivity contribution >= 4 is 11.8 Å². The smallest absolute Gasteiger partial charge is 0.236 e. The van der Waals surface area contributed by atoms with E-state index in [9.17, 15) is 9.59 Å². The van der Waals surface area contributed by atoms with Crippen LogP contribution in [-0.2, 0) is 20.9 Å². The van der Waals surface area contributed by atoms with E-state index in [0.29, 0.717) is 45.2 Å². The summed E-state index contributed by atoms with van der Waals surface area (Å²) in [5.74, 6) is 1.67. The minimum absolute atomic E-state index is 0.156. The second kappa shape index (κ2) is 12.5. The fourth-order valence-electron chi connectivity index (χ4n) is 5.66. The van der Waals surface area contributed by atoms with Crippen molar-refractivity contribution in [2.24, 2.45) is 11.8 Å². The third-order valence-corrected chi connectivity index (χ3v) is 7.82.